The summed E-state index contributed by atoms with van der Waals surface area (Å²) >= 11 is 1.35. The van der Waals surface area contributed by atoms with Crippen LogP contribution in [0.5, 0.6) is 0 Å². The average Bonchev–Trinajstić information content (AvgIpc) is 3.42. The van der Waals surface area contributed by atoms with Crippen molar-refractivity contribution in [1.82, 2.24) is 24.5 Å². The molecule has 1 saturated heterocycles. The number of nitrogens with zero attached hydrogens (tertiary/aromatic N) is 5. The van der Waals surface area contributed by atoms with Gasteiger partial charge in [-0.2, -0.15) is 0 Å². The van der Waals surface area contributed by atoms with Gasteiger partial charge in [0.15, 0.2) is 22.4 Å². The Morgan fingerprint density at radius 1 is 1.11 bits per heavy atom. The maximum absolute atomic E-state index is 12.5. The molecule has 0 radical (unpaired) electrons. The van der Waals surface area contributed by atoms with Gasteiger partial charge in [-0.15, -0.1) is 10.2 Å². The SMILES string of the molecule is O=C(CSc1nnc2c3ccccc3nc(-c3ccco3)n12)N1CCOCC1. The Bertz CT molecular complexity index is 1140. The molecule has 142 valence electrons. The molecule has 28 heavy (non-hydrogen) atoms. The lowest BCUT2D eigenvalue weighted by molar-refractivity contribution is -0.132. The molecule has 0 N–H and O–H groups in total. The van der Waals surface area contributed by atoms with Crippen LogP contribution in [-0.2, 0) is 9.53 Å². The number of carbonyl (C=O) groups excluding carboxylic acids is 1. The number of fused-ring (bicyclic) bond motifs is 3. The number of thioether (sulfide) groups is 1. The molecule has 0 atom stereocenters. The van der Waals surface area contributed by atoms with Gasteiger partial charge in [-0.3, -0.25) is 9.20 Å². The highest BCUT2D eigenvalue weighted by molar-refractivity contribution is 7.99. The predicted octanol–water partition coefficient (Wildman–Crippen LogP) is 2.49. The van der Waals surface area contributed by atoms with Crippen LogP contribution in [0.1, 0.15) is 0 Å². The Balaban J connectivity index is 1.54. The molecule has 1 aliphatic heterocycles. The van der Waals surface area contributed by atoms with Crippen LogP contribution in [0.2, 0.25) is 0 Å². The highest BCUT2D eigenvalue weighted by Crippen LogP contribution is 2.29. The maximum atomic E-state index is 12.5. The normalized spacial score (nSPS) is 14.8. The van der Waals surface area contributed by atoms with Crippen molar-refractivity contribution in [3.8, 4) is 11.6 Å². The third-order valence-electron chi connectivity index (χ3n) is 4.65. The van der Waals surface area contributed by atoms with Crippen molar-refractivity contribution < 1.29 is 13.9 Å². The van der Waals surface area contributed by atoms with E-state index in [1.807, 2.05) is 45.7 Å². The summed E-state index contributed by atoms with van der Waals surface area (Å²) in [5, 5.41) is 10.2. The summed E-state index contributed by atoms with van der Waals surface area (Å²) in [6.07, 6.45) is 1.61. The number of ether oxygens (including phenoxy) is 1. The zero-order valence-electron chi connectivity index (χ0n) is 14.9. The van der Waals surface area contributed by atoms with E-state index in [0.717, 1.165) is 10.9 Å². The number of amides is 1. The molecule has 8 nitrogen and oxygen atoms in total. The first-order valence-corrected chi connectivity index (χ1v) is 9.96. The number of furan rings is 1. The first-order chi connectivity index (χ1) is 13.8. The van der Waals surface area contributed by atoms with Crippen LogP contribution in [0.3, 0.4) is 0 Å². The summed E-state index contributed by atoms with van der Waals surface area (Å²) < 4.78 is 12.8. The number of aromatic nitrogens is 4. The lowest BCUT2D eigenvalue weighted by atomic mass is 10.2. The lowest BCUT2D eigenvalue weighted by Crippen LogP contribution is -2.41. The number of carbonyl (C=O) groups is 1. The number of benzene rings is 1. The van der Waals surface area contributed by atoms with Crippen molar-refractivity contribution >= 4 is 34.2 Å². The van der Waals surface area contributed by atoms with Gasteiger partial charge in [0, 0.05) is 18.5 Å². The molecule has 1 fully saturated rings. The summed E-state index contributed by atoms with van der Waals surface area (Å²) in [6, 6.07) is 11.4. The van der Waals surface area contributed by atoms with Gasteiger partial charge >= 0.3 is 0 Å². The van der Waals surface area contributed by atoms with Crippen molar-refractivity contribution in [2.75, 3.05) is 32.1 Å². The smallest absolute Gasteiger partial charge is 0.233 e. The highest BCUT2D eigenvalue weighted by Gasteiger charge is 2.21. The van der Waals surface area contributed by atoms with Crippen molar-refractivity contribution in [2.45, 2.75) is 5.16 Å². The van der Waals surface area contributed by atoms with Crippen molar-refractivity contribution in [3.63, 3.8) is 0 Å². The highest BCUT2D eigenvalue weighted by atomic mass is 32.2. The van der Waals surface area contributed by atoms with E-state index in [-0.39, 0.29) is 11.7 Å². The molecule has 0 unspecified atom stereocenters. The van der Waals surface area contributed by atoms with Crippen LogP contribution < -0.4 is 0 Å². The standard InChI is InChI=1S/C19H17N5O3S/c25-16(23-7-10-26-11-8-23)12-28-19-22-21-17-13-4-1-2-5-14(13)20-18(24(17)19)15-6-3-9-27-15/h1-6,9H,7-8,10-12H2. The van der Waals surface area contributed by atoms with E-state index in [9.17, 15) is 4.79 Å². The van der Waals surface area contributed by atoms with E-state index in [4.69, 9.17) is 14.1 Å². The fourth-order valence-corrected chi connectivity index (χ4v) is 4.09. The van der Waals surface area contributed by atoms with Crippen LogP contribution >= 0.6 is 11.8 Å². The molecule has 0 bridgehead atoms. The molecule has 5 rings (SSSR count). The van der Waals surface area contributed by atoms with Gasteiger partial charge < -0.3 is 14.1 Å². The number of hydrogen-bond donors (Lipinski definition) is 0. The summed E-state index contributed by atoms with van der Waals surface area (Å²) in [5.74, 6) is 1.59. The first kappa shape index (κ1) is 17.2. The van der Waals surface area contributed by atoms with Gasteiger partial charge in [-0.1, -0.05) is 23.9 Å². The number of rotatable bonds is 4. The Kier molecular flexibility index (Phi) is 4.46. The maximum Gasteiger partial charge on any atom is 0.233 e. The molecule has 4 heterocycles. The average molecular weight is 395 g/mol. The van der Waals surface area contributed by atoms with Crippen molar-refractivity contribution in [1.29, 1.82) is 0 Å². The van der Waals surface area contributed by atoms with Crippen molar-refractivity contribution in [3.05, 3.63) is 42.7 Å². The number of morpholine rings is 1. The summed E-state index contributed by atoms with van der Waals surface area (Å²) in [7, 11) is 0. The zero-order valence-corrected chi connectivity index (χ0v) is 15.8. The molecule has 1 aromatic carbocycles. The van der Waals surface area contributed by atoms with E-state index < -0.39 is 0 Å². The molecule has 3 aromatic heterocycles. The van der Waals surface area contributed by atoms with E-state index >= 15 is 0 Å². The number of hydrogen-bond acceptors (Lipinski definition) is 7. The minimum Gasteiger partial charge on any atom is -0.461 e. The Morgan fingerprint density at radius 3 is 2.79 bits per heavy atom. The first-order valence-electron chi connectivity index (χ1n) is 8.97. The van der Waals surface area contributed by atoms with E-state index in [1.165, 1.54) is 11.8 Å². The fourth-order valence-electron chi connectivity index (χ4n) is 3.25. The zero-order chi connectivity index (χ0) is 18.9. The minimum absolute atomic E-state index is 0.0679. The van der Waals surface area contributed by atoms with E-state index in [0.29, 0.717) is 48.7 Å². The fraction of sp³-hybridized carbons (Fsp3) is 0.263. The second-order valence-corrected chi connectivity index (χ2v) is 7.30. The van der Waals surface area contributed by atoms with Gasteiger partial charge in [0.25, 0.3) is 0 Å². The second kappa shape index (κ2) is 7.25. The summed E-state index contributed by atoms with van der Waals surface area (Å²) in [6.45, 7) is 2.43. The molecule has 1 aliphatic rings. The molecule has 4 aromatic rings. The van der Waals surface area contributed by atoms with E-state index in [2.05, 4.69) is 10.2 Å². The van der Waals surface area contributed by atoms with Gasteiger partial charge in [0.2, 0.25) is 5.91 Å². The van der Waals surface area contributed by atoms with Crippen LogP contribution in [0.4, 0.5) is 0 Å². The Labute approximate surface area is 164 Å². The Morgan fingerprint density at radius 2 is 1.96 bits per heavy atom. The third-order valence-corrected chi connectivity index (χ3v) is 5.56. The van der Waals surface area contributed by atoms with Crippen LogP contribution in [0.25, 0.3) is 28.1 Å². The van der Waals surface area contributed by atoms with Gasteiger partial charge in [0.05, 0.1) is 30.7 Å². The predicted molar refractivity (Wildman–Crippen MR) is 104 cm³/mol. The second-order valence-electron chi connectivity index (χ2n) is 6.35. The quantitative estimate of drug-likeness (QED) is 0.491. The van der Waals surface area contributed by atoms with Gasteiger partial charge in [-0.05, 0) is 24.3 Å². The molecule has 0 saturated carbocycles. The lowest BCUT2D eigenvalue weighted by Gasteiger charge is -2.26. The van der Waals surface area contributed by atoms with Crippen molar-refractivity contribution in [2.24, 2.45) is 0 Å². The topological polar surface area (TPSA) is 85.8 Å². The van der Waals surface area contributed by atoms with Gasteiger partial charge in [-0.25, -0.2) is 4.98 Å². The molecular weight excluding hydrogens is 378 g/mol. The molecule has 9 heteroatoms. The van der Waals surface area contributed by atoms with Crippen LogP contribution in [0, 0.1) is 0 Å². The summed E-state index contributed by atoms with van der Waals surface area (Å²) in [5.41, 5.74) is 1.51. The molecule has 0 spiro atoms. The molecule has 1 amide bonds. The largest absolute Gasteiger partial charge is 0.461 e. The van der Waals surface area contributed by atoms with Gasteiger partial charge in [0.1, 0.15) is 0 Å². The third kappa shape index (κ3) is 3.02. The van der Waals surface area contributed by atoms with Crippen LogP contribution in [0.15, 0.2) is 52.2 Å². The van der Waals surface area contributed by atoms with E-state index in [1.54, 1.807) is 6.26 Å². The van der Waals surface area contributed by atoms with Crippen LogP contribution in [-0.4, -0.2) is 62.4 Å². The molecular formula is C19H17N5O3S. The molecule has 0 aliphatic carbocycles. The minimum atomic E-state index is 0.0679. The summed E-state index contributed by atoms with van der Waals surface area (Å²) in [4.78, 5) is 19.1. The Hall–Kier alpha value is -2.91. The number of para-hydroxylation sites is 1. The monoisotopic (exact) mass is 395 g/mol.